The summed E-state index contributed by atoms with van der Waals surface area (Å²) in [4.78, 5) is 8.40. The minimum Gasteiger partial charge on any atom is -0.472 e. The SMILES string of the molecule is CNCc1cnc(OCc2ccc(Cl)cc2)cn1. The van der Waals surface area contributed by atoms with E-state index in [1.165, 1.54) is 0 Å². The van der Waals surface area contributed by atoms with E-state index in [4.69, 9.17) is 16.3 Å². The van der Waals surface area contributed by atoms with Crippen molar-refractivity contribution < 1.29 is 4.74 Å². The van der Waals surface area contributed by atoms with Crippen molar-refractivity contribution in [2.75, 3.05) is 7.05 Å². The number of hydrogen-bond acceptors (Lipinski definition) is 4. The quantitative estimate of drug-likeness (QED) is 0.900. The van der Waals surface area contributed by atoms with Crippen molar-refractivity contribution in [2.24, 2.45) is 0 Å². The Bertz CT molecular complexity index is 485. The molecule has 94 valence electrons. The van der Waals surface area contributed by atoms with Crippen LogP contribution in [-0.2, 0) is 13.2 Å². The zero-order valence-electron chi connectivity index (χ0n) is 10.1. The molecule has 0 saturated carbocycles. The maximum Gasteiger partial charge on any atom is 0.232 e. The van der Waals surface area contributed by atoms with Crippen molar-refractivity contribution in [2.45, 2.75) is 13.2 Å². The monoisotopic (exact) mass is 263 g/mol. The molecule has 4 nitrogen and oxygen atoms in total. The van der Waals surface area contributed by atoms with Gasteiger partial charge in [-0.15, -0.1) is 0 Å². The molecule has 0 fully saturated rings. The molecule has 0 saturated heterocycles. The van der Waals surface area contributed by atoms with Crippen molar-refractivity contribution in [3.8, 4) is 5.88 Å². The van der Waals surface area contributed by atoms with E-state index in [0.717, 1.165) is 16.3 Å². The molecule has 0 spiro atoms. The lowest BCUT2D eigenvalue weighted by Crippen LogP contribution is -2.07. The van der Waals surface area contributed by atoms with E-state index in [1.54, 1.807) is 12.4 Å². The van der Waals surface area contributed by atoms with Crippen LogP contribution in [0.15, 0.2) is 36.7 Å². The third kappa shape index (κ3) is 3.68. The average molecular weight is 264 g/mol. The molecule has 0 aliphatic rings. The van der Waals surface area contributed by atoms with E-state index < -0.39 is 0 Å². The maximum absolute atomic E-state index is 5.81. The van der Waals surface area contributed by atoms with Crippen molar-refractivity contribution in [1.29, 1.82) is 0 Å². The number of ether oxygens (including phenoxy) is 1. The minimum absolute atomic E-state index is 0.456. The molecule has 1 N–H and O–H groups in total. The van der Waals surface area contributed by atoms with Gasteiger partial charge in [-0.1, -0.05) is 23.7 Å². The van der Waals surface area contributed by atoms with Gasteiger partial charge in [-0.25, -0.2) is 4.98 Å². The zero-order chi connectivity index (χ0) is 12.8. The largest absolute Gasteiger partial charge is 0.472 e. The third-order valence-electron chi connectivity index (χ3n) is 2.34. The Labute approximate surface area is 111 Å². The fraction of sp³-hybridized carbons (Fsp3) is 0.231. The smallest absolute Gasteiger partial charge is 0.232 e. The van der Waals surface area contributed by atoms with Gasteiger partial charge in [0.05, 0.1) is 18.1 Å². The summed E-state index contributed by atoms with van der Waals surface area (Å²) in [5.41, 5.74) is 1.93. The second-order valence-electron chi connectivity index (χ2n) is 3.79. The summed E-state index contributed by atoms with van der Waals surface area (Å²) in [6, 6.07) is 7.51. The van der Waals surface area contributed by atoms with Gasteiger partial charge >= 0.3 is 0 Å². The molecular formula is C13H14ClN3O. The highest BCUT2D eigenvalue weighted by molar-refractivity contribution is 6.30. The number of nitrogens with zero attached hydrogens (tertiary/aromatic N) is 2. The van der Waals surface area contributed by atoms with Gasteiger partial charge in [0.2, 0.25) is 5.88 Å². The molecule has 0 atom stereocenters. The molecule has 1 aromatic heterocycles. The number of benzene rings is 1. The first kappa shape index (κ1) is 12.8. The molecule has 2 aromatic rings. The summed E-state index contributed by atoms with van der Waals surface area (Å²) in [7, 11) is 1.87. The van der Waals surface area contributed by atoms with Crippen LogP contribution < -0.4 is 10.1 Å². The Morgan fingerprint density at radius 2 is 1.94 bits per heavy atom. The molecule has 18 heavy (non-hydrogen) atoms. The number of nitrogens with one attached hydrogen (secondary N) is 1. The van der Waals surface area contributed by atoms with Crippen molar-refractivity contribution in [3.05, 3.63) is 52.9 Å². The van der Waals surface area contributed by atoms with Crippen LogP contribution in [0.25, 0.3) is 0 Å². The normalized spacial score (nSPS) is 10.3. The van der Waals surface area contributed by atoms with Crippen LogP contribution in [0.4, 0.5) is 0 Å². The van der Waals surface area contributed by atoms with E-state index >= 15 is 0 Å². The van der Waals surface area contributed by atoms with Gasteiger partial charge in [-0.2, -0.15) is 0 Å². The molecule has 0 radical (unpaired) electrons. The molecule has 0 aliphatic heterocycles. The highest BCUT2D eigenvalue weighted by Crippen LogP contribution is 2.12. The molecule has 1 heterocycles. The fourth-order valence-electron chi connectivity index (χ4n) is 1.43. The van der Waals surface area contributed by atoms with Gasteiger partial charge in [-0.05, 0) is 24.7 Å². The summed E-state index contributed by atoms with van der Waals surface area (Å²) >= 11 is 5.81. The summed E-state index contributed by atoms with van der Waals surface area (Å²) in [5, 5.41) is 3.73. The first-order valence-electron chi connectivity index (χ1n) is 5.60. The third-order valence-corrected chi connectivity index (χ3v) is 2.59. The van der Waals surface area contributed by atoms with Crippen LogP contribution in [-0.4, -0.2) is 17.0 Å². The summed E-state index contributed by atoms with van der Waals surface area (Å²) < 4.78 is 5.53. The number of hydrogen-bond donors (Lipinski definition) is 1. The van der Waals surface area contributed by atoms with Crippen LogP contribution in [0.3, 0.4) is 0 Å². The van der Waals surface area contributed by atoms with Gasteiger partial charge in [0.15, 0.2) is 0 Å². The van der Waals surface area contributed by atoms with E-state index in [1.807, 2.05) is 31.3 Å². The van der Waals surface area contributed by atoms with Gasteiger partial charge in [0.25, 0.3) is 0 Å². The predicted molar refractivity (Wildman–Crippen MR) is 70.6 cm³/mol. The first-order chi connectivity index (χ1) is 8.78. The minimum atomic E-state index is 0.456. The van der Waals surface area contributed by atoms with E-state index in [0.29, 0.717) is 19.0 Å². The predicted octanol–water partition coefficient (Wildman–Crippen LogP) is 2.43. The van der Waals surface area contributed by atoms with Crippen LogP contribution >= 0.6 is 11.6 Å². The van der Waals surface area contributed by atoms with Crippen molar-refractivity contribution in [3.63, 3.8) is 0 Å². The number of aromatic nitrogens is 2. The Kier molecular flexibility index (Phi) is 4.50. The Morgan fingerprint density at radius 1 is 1.17 bits per heavy atom. The highest BCUT2D eigenvalue weighted by Gasteiger charge is 1.99. The maximum atomic E-state index is 5.81. The van der Waals surface area contributed by atoms with Crippen LogP contribution in [0.2, 0.25) is 5.02 Å². The second kappa shape index (κ2) is 6.33. The summed E-state index contributed by atoms with van der Waals surface area (Å²) in [5.74, 6) is 0.518. The zero-order valence-corrected chi connectivity index (χ0v) is 10.8. The van der Waals surface area contributed by atoms with Gasteiger partial charge in [0, 0.05) is 11.6 Å². The average Bonchev–Trinajstić information content (AvgIpc) is 2.40. The van der Waals surface area contributed by atoms with Crippen LogP contribution in [0.5, 0.6) is 5.88 Å². The molecular weight excluding hydrogens is 250 g/mol. The Balaban J connectivity index is 1.91. The standard InChI is InChI=1S/C13H14ClN3O/c1-15-6-12-7-17-13(8-16-12)18-9-10-2-4-11(14)5-3-10/h2-5,7-8,15H,6,9H2,1H3. The van der Waals surface area contributed by atoms with Crippen molar-refractivity contribution in [1.82, 2.24) is 15.3 Å². The molecule has 2 rings (SSSR count). The Hall–Kier alpha value is -1.65. The second-order valence-corrected chi connectivity index (χ2v) is 4.23. The molecule has 0 aliphatic carbocycles. The number of halogens is 1. The lowest BCUT2D eigenvalue weighted by Gasteiger charge is -2.05. The van der Waals surface area contributed by atoms with Gasteiger partial charge in [-0.3, -0.25) is 4.98 Å². The van der Waals surface area contributed by atoms with Gasteiger partial charge in [0.1, 0.15) is 6.61 Å². The summed E-state index contributed by atoms with van der Waals surface area (Å²) in [6.45, 7) is 1.15. The molecule has 1 aromatic carbocycles. The van der Waals surface area contributed by atoms with Crippen LogP contribution in [0.1, 0.15) is 11.3 Å². The molecule has 5 heteroatoms. The Morgan fingerprint density at radius 3 is 2.56 bits per heavy atom. The number of rotatable bonds is 5. The summed E-state index contributed by atoms with van der Waals surface area (Å²) in [6.07, 6.45) is 3.33. The van der Waals surface area contributed by atoms with E-state index in [-0.39, 0.29) is 0 Å². The topological polar surface area (TPSA) is 47.0 Å². The lowest BCUT2D eigenvalue weighted by molar-refractivity contribution is 0.292. The lowest BCUT2D eigenvalue weighted by atomic mass is 10.2. The van der Waals surface area contributed by atoms with Crippen LogP contribution in [0, 0.1) is 0 Å². The molecule has 0 amide bonds. The van der Waals surface area contributed by atoms with Gasteiger partial charge < -0.3 is 10.1 Å². The highest BCUT2D eigenvalue weighted by atomic mass is 35.5. The first-order valence-corrected chi connectivity index (χ1v) is 5.98. The van der Waals surface area contributed by atoms with Crippen molar-refractivity contribution >= 4 is 11.6 Å². The fourth-order valence-corrected chi connectivity index (χ4v) is 1.55. The molecule has 0 bridgehead atoms. The van der Waals surface area contributed by atoms with E-state index in [9.17, 15) is 0 Å². The molecule has 0 unspecified atom stereocenters. The van der Waals surface area contributed by atoms with E-state index in [2.05, 4.69) is 15.3 Å².